The average molecular weight is 325 g/mol. The van der Waals surface area contributed by atoms with E-state index in [2.05, 4.69) is 25.4 Å². The zero-order valence-electron chi connectivity index (χ0n) is 13.1. The number of aromatic amines is 2. The summed E-state index contributed by atoms with van der Waals surface area (Å²) in [6, 6.07) is 2.67. The molecule has 0 spiro atoms. The van der Waals surface area contributed by atoms with Crippen LogP contribution in [0.2, 0.25) is 0 Å². The number of nitrogens with zero attached hydrogens (tertiary/aromatic N) is 4. The van der Waals surface area contributed by atoms with E-state index in [1.165, 1.54) is 12.4 Å². The van der Waals surface area contributed by atoms with E-state index in [1.54, 1.807) is 12.3 Å². The van der Waals surface area contributed by atoms with E-state index >= 15 is 0 Å². The molecule has 3 N–H and O–H groups in total. The normalized spacial score (nSPS) is 12.2. The minimum Gasteiger partial charge on any atom is -0.320 e. The monoisotopic (exact) mass is 325 g/mol. The Hall–Kier alpha value is -3.41. The summed E-state index contributed by atoms with van der Waals surface area (Å²) in [6.45, 7) is 3.69. The standard InChI is InChI=1S/C15H15N7O2/c1-8(2)11(5-16)19-15(24)22-7-9(6-18-22)10-3-4-17-13-12(10)20-14(23)21-13/h3-4,6-8,11H,1-2H3,(H,19,24)(H2,17,20,21,23). The number of amides is 1. The van der Waals surface area contributed by atoms with Gasteiger partial charge in [0.05, 0.1) is 17.8 Å². The molecule has 0 fully saturated rings. The zero-order chi connectivity index (χ0) is 17.3. The highest BCUT2D eigenvalue weighted by Gasteiger charge is 2.18. The van der Waals surface area contributed by atoms with Crippen LogP contribution in [-0.4, -0.2) is 36.8 Å². The SMILES string of the molecule is CC(C)C(C#N)NC(=O)n1cc(-c2ccnc3[nH]c(=O)[nH]c23)cn1. The summed E-state index contributed by atoms with van der Waals surface area (Å²) in [5, 5.41) is 15.7. The van der Waals surface area contributed by atoms with E-state index in [4.69, 9.17) is 5.26 Å². The van der Waals surface area contributed by atoms with E-state index < -0.39 is 12.1 Å². The number of carbonyl (C=O) groups excluding carboxylic acids is 1. The molecule has 0 saturated carbocycles. The molecule has 0 saturated heterocycles. The van der Waals surface area contributed by atoms with Gasteiger partial charge in [-0.05, 0) is 12.0 Å². The predicted molar refractivity (Wildman–Crippen MR) is 86.1 cm³/mol. The highest BCUT2D eigenvalue weighted by atomic mass is 16.2. The van der Waals surface area contributed by atoms with Gasteiger partial charge < -0.3 is 10.3 Å². The zero-order valence-corrected chi connectivity index (χ0v) is 13.1. The molecule has 0 aliphatic carbocycles. The molecule has 9 heteroatoms. The van der Waals surface area contributed by atoms with Crippen LogP contribution in [0.5, 0.6) is 0 Å². The summed E-state index contributed by atoms with van der Waals surface area (Å²) < 4.78 is 1.12. The van der Waals surface area contributed by atoms with Crippen molar-refractivity contribution in [3.63, 3.8) is 0 Å². The van der Waals surface area contributed by atoms with Gasteiger partial charge in [0.2, 0.25) is 0 Å². The minimum absolute atomic E-state index is 0.0151. The van der Waals surface area contributed by atoms with Crippen molar-refractivity contribution in [3.05, 3.63) is 35.1 Å². The molecular weight excluding hydrogens is 310 g/mol. The van der Waals surface area contributed by atoms with E-state index in [9.17, 15) is 9.59 Å². The Morgan fingerprint density at radius 1 is 1.42 bits per heavy atom. The van der Waals surface area contributed by atoms with Gasteiger partial charge in [-0.3, -0.25) is 4.98 Å². The number of hydrogen-bond donors (Lipinski definition) is 3. The van der Waals surface area contributed by atoms with Crippen LogP contribution in [0, 0.1) is 17.2 Å². The van der Waals surface area contributed by atoms with Crippen LogP contribution in [0.3, 0.4) is 0 Å². The first kappa shape index (κ1) is 15.5. The number of aromatic nitrogens is 5. The summed E-state index contributed by atoms with van der Waals surface area (Å²) >= 11 is 0. The van der Waals surface area contributed by atoms with Gasteiger partial charge in [0.15, 0.2) is 5.65 Å². The summed E-state index contributed by atoms with van der Waals surface area (Å²) in [5.41, 5.74) is 1.95. The number of H-pyrrole nitrogens is 2. The maximum atomic E-state index is 12.2. The van der Waals surface area contributed by atoms with Crippen LogP contribution in [0.25, 0.3) is 22.3 Å². The second-order valence-electron chi connectivity index (χ2n) is 5.64. The second kappa shape index (κ2) is 6.00. The quantitative estimate of drug-likeness (QED) is 0.666. The fourth-order valence-electron chi connectivity index (χ4n) is 2.30. The molecule has 1 atom stereocenters. The highest BCUT2D eigenvalue weighted by molar-refractivity contribution is 5.89. The molecule has 9 nitrogen and oxygen atoms in total. The topological polar surface area (TPSA) is 132 Å². The summed E-state index contributed by atoms with van der Waals surface area (Å²) in [6.07, 6.45) is 4.60. The first-order valence-corrected chi connectivity index (χ1v) is 7.32. The first-order chi connectivity index (χ1) is 11.5. The number of pyridine rings is 1. The third-order valence-electron chi connectivity index (χ3n) is 3.61. The number of nitrogens with one attached hydrogen (secondary N) is 3. The summed E-state index contributed by atoms with van der Waals surface area (Å²) in [7, 11) is 0. The lowest BCUT2D eigenvalue weighted by atomic mass is 10.1. The fourth-order valence-corrected chi connectivity index (χ4v) is 2.30. The molecule has 0 radical (unpaired) electrons. The van der Waals surface area contributed by atoms with Crippen molar-refractivity contribution in [1.82, 2.24) is 30.0 Å². The maximum absolute atomic E-state index is 12.2. The second-order valence-corrected chi connectivity index (χ2v) is 5.64. The Labute approximate surface area is 136 Å². The first-order valence-electron chi connectivity index (χ1n) is 7.32. The van der Waals surface area contributed by atoms with Crippen LogP contribution in [0.15, 0.2) is 29.5 Å². The van der Waals surface area contributed by atoms with Crippen LogP contribution in [0.4, 0.5) is 4.79 Å². The van der Waals surface area contributed by atoms with Gasteiger partial charge in [-0.2, -0.15) is 15.0 Å². The van der Waals surface area contributed by atoms with Gasteiger partial charge >= 0.3 is 11.7 Å². The van der Waals surface area contributed by atoms with Crippen LogP contribution in [-0.2, 0) is 0 Å². The van der Waals surface area contributed by atoms with Crippen molar-refractivity contribution in [3.8, 4) is 17.2 Å². The third-order valence-corrected chi connectivity index (χ3v) is 3.61. The number of imidazole rings is 1. The van der Waals surface area contributed by atoms with Crippen LogP contribution in [0.1, 0.15) is 13.8 Å². The molecular formula is C15H15N7O2. The van der Waals surface area contributed by atoms with Gasteiger partial charge in [0, 0.05) is 23.5 Å². The third kappa shape index (κ3) is 2.77. The van der Waals surface area contributed by atoms with Crippen molar-refractivity contribution in [2.24, 2.45) is 5.92 Å². The molecule has 122 valence electrons. The highest BCUT2D eigenvalue weighted by Crippen LogP contribution is 2.23. The van der Waals surface area contributed by atoms with E-state index in [0.29, 0.717) is 22.3 Å². The lowest BCUT2D eigenvalue weighted by Crippen LogP contribution is -2.40. The van der Waals surface area contributed by atoms with Crippen molar-refractivity contribution < 1.29 is 4.79 Å². The van der Waals surface area contributed by atoms with Crippen molar-refractivity contribution in [2.45, 2.75) is 19.9 Å². The van der Waals surface area contributed by atoms with Gasteiger partial charge in [-0.1, -0.05) is 13.8 Å². The van der Waals surface area contributed by atoms with Crippen molar-refractivity contribution in [2.75, 3.05) is 0 Å². The van der Waals surface area contributed by atoms with Crippen LogP contribution < -0.4 is 11.0 Å². The molecule has 3 aromatic heterocycles. The average Bonchev–Trinajstić information content (AvgIpc) is 3.17. The Morgan fingerprint density at radius 2 is 2.21 bits per heavy atom. The van der Waals surface area contributed by atoms with Crippen molar-refractivity contribution in [1.29, 1.82) is 5.26 Å². The molecule has 0 bridgehead atoms. The molecule has 0 aromatic carbocycles. The van der Waals surface area contributed by atoms with Crippen molar-refractivity contribution >= 4 is 17.2 Å². The molecule has 3 rings (SSSR count). The van der Waals surface area contributed by atoms with Gasteiger partial charge in [0.25, 0.3) is 0 Å². The van der Waals surface area contributed by atoms with E-state index in [1.807, 2.05) is 19.9 Å². The molecule has 1 unspecified atom stereocenters. The molecule has 1 amide bonds. The Balaban J connectivity index is 1.91. The number of hydrogen-bond acceptors (Lipinski definition) is 5. The lowest BCUT2D eigenvalue weighted by molar-refractivity contribution is 0.235. The lowest BCUT2D eigenvalue weighted by Gasteiger charge is -2.14. The summed E-state index contributed by atoms with van der Waals surface area (Å²) in [5.74, 6) is -0.0151. The Bertz CT molecular complexity index is 989. The Morgan fingerprint density at radius 3 is 2.92 bits per heavy atom. The number of carbonyl (C=O) groups is 1. The van der Waals surface area contributed by atoms with E-state index in [-0.39, 0.29) is 11.6 Å². The summed E-state index contributed by atoms with van der Waals surface area (Å²) in [4.78, 5) is 32.9. The van der Waals surface area contributed by atoms with Gasteiger partial charge in [-0.15, -0.1) is 0 Å². The molecule has 0 aliphatic rings. The number of fused-ring (bicyclic) bond motifs is 1. The predicted octanol–water partition coefficient (Wildman–Crippen LogP) is 1.22. The Kier molecular flexibility index (Phi) is 3.87. The van der Waals surface area contributed by atoms with Crippen LogP contribution >= 0.6 is 0 Å². The van der Waals surface area contributed by atoms with Gasteiger partial charge in [-0.25, -0.2) is 14.6 Å². The molecule has 3 heterocycles. The number of nitriles is 1. The maximum Gasteiger partial charge on any atom is 0.343 e. The minimum atomic E-state index is -0.598. The van der Waals surface area contributed by atoms with E-state index in [0.717, 1.165) is 4.68 Å². The smallest absolute Gasteiger partial charge is 0.320 e. The molecule has 24 heavy (non-hydrogen) atoms. The number of rotatable bonds is 3. The fraction of sp³-hybridized carbons (Fsp3) is 0.267. The molecule has 3 aromatic rings. The van der Waals surface area contributed by atoms with Gasteiger partial charge in [0.1, 0.15) is 6.04 Å². The molecule has 0 aliphatic heterocycles. The largest absolute Gasteiger partial charge is 0.343 e.